The predicted octanol–water partition coefficient (Wildman–Crippen LogP) is 3.97. The first-order valence-electron chi connectivity index (χ1n) is 8.33. The molecule has 0 radical (unpaired) electrons. The van der Waals surface area contributed by atoms with Gasteiger partial charge in [0, 0.05) is 23.0 Å². The van der Waals surface area contributed by atoms with Crippen LogP contribution in [0.4, 0.5) is 0 Å². The van der Waals surface area contributed by atoms with Gasteiger partial charge in [0.15, 0.2) is 28.4 Å². The Morgan fingerprint density at radius 2 is 1.75 bits per heavy atom. The van der Waals surface area contributed by atoms with Gasteiger partial charge >= 0.3 is 0 Å². The molecule has 8 heteroatoms. The van der Waals surface area contributed by atoms with Gasteiger partial charge < -0.3 is 28.5 Å². The molecular weight excluding hydrogens is 432 g/mol. The zero-order valence-electron chi connectivity index (χ0n) is 15.6. The van der Waals surface area contributed by atoms with E-state index in [0.717, 1.165) is 0 Å². The molecule has 0 amide bonds. The lowest BCUT2D eigenvalue weighted by Gasteiger charge is -2.14. The minimum Gasteiger partial charge on any atom is -0.504 e. The van der Waals surface area contributed by atoms with Gasteiger partial charge in [-0.1, -0.05) is 15.9 Å². The molecule has 0 saturated carbocycles. The summed E-state index contributed by atoms with van der Waals surface area (Å²) in [7, 11) is 4.45. The molecule has 0 unspecified atom stereocenters. The van der Waals surface area contributed by atoms with E-state index < -0.39 is 5.43 Å². The summed E-state index contributed by atoms with van der Waals surface area (Å²) < 4.78 is 27.2. The van der Waals surface area contributed by atoms with Crippen molar-refractivity contribution in [2.24, 2.45) is 0 Å². The Morgan fingerprint density at radius 1 is 1.00 bits per heavy atom. The number of ether oxygens (including phenoxy) is 4. The highest BCUT2D eigenvalue weighted by Crippen LogP contribution is 2.42. The maximum Gasteiger partial charge on any atom is 0.204 e. The number of hydrogen-bond donors (Lipinski definition) is 1. The van der Waals surface area contributed by atoms with Crippen molar-refractivity contribution < 1.29 is 28.5 Å². The van der Waals surface area contributed by atoms with Gasteiger partial charge in [-0.25, -0.2) is 0 Å². The van der Waals surface area contributed by atoms with Crippen LogP contribution in [0.25, 0.3) is 22.3 Å². The van der Waals surface area contributed by atoms with Gasteiger partial charge in [-0.3, -0.25) is 4.79 Å². The van der Waals surface area contributed by atoms with Crippen LogP contribution in [-0.4, -0.2) is 38.4 Å². The Balaban J connectivity index is 2.20. The second kappa shape index (κ2) is 8.43. The average molecular weight is 451 g/mol. The van der Waals surface area contributed by atoms with E-state index >= 15 is 0 Å². The zero-order valence-corrected chi connectivity index (χ0v) is 17.2. The molecule has 7 nitrogen and oxygen atoms in total. The number of phenolic OH excluding ortho intramolecular Hbond substituents is 1. The standard InChI is InChI=1S/C20H19BrO7/c1-24-13-5-4-11(8-15(13)25-2)14-9-12(22)18-16(28-14)10-17(27-7-6-21)20(26-3)19(18)23/h4-5,8-10,23H,6-7H2,1-3H3. The Morgan fingerprint density at radius 3 is 2.39 bits per heavy atom. The number of hydrogen-bond acceptors (Lipinski definition) is 7. The first-order chi connectivity index (χ1) is 13.5. The van der Waals surface area contributed by atoms with Gasteiger partial charge in [-0.15, -0.1) is 0 Å². The molecule has 0 aliphatic carbocycles. The number of phenols is 1. The Bertz CT molecular complexity index is 1060. The van der Waals surface area contributed by atoms with Crippen LogP contribution >= 0.6 is 15.9 Å². The van der Waals surface area contributed by atoms with Crippen molar-refractivity contribution in [1.82, 2.24) is 0 Å². The van der Waals surface area contributed by atoms with Gasteiger partial charge in [0.2, 0.25) is 5.75 Å². The number of aromatic hydroxyl groups is 1. The molecule has 0 atom stereocenters. The Hall–Kier alpha value is -2.87. The minimum absolute atomic E-state index is 0.0206. The average Bonchev–Trinajstić information content (AvgIpc) is 2.71. The quantitative estimate of drug-likeness (QED) is 0.544. The highest BCUT2D eigenvalue weighted by molar-refractivity contribution is 9.09. The highest BCUT2D eigenvalue weighted by Gasteiger charge is 2.20. The van der Waals surface area contributed by atoms with E-state index in [1.807, 2.05) is 0 Å². The van der Waals surface area contributed by atoms with Gasteiger partial charge in [0.05, 0.1) is 27.9 Å². The summed E-state index contributed by atoms with van der Waals surface area (Å²) in [5.74, 6) is 1.41. The van der Waals surface area contributed by atoms with Crippen molar-refractivity contribution in [3.05, 3.63) is 40.6 Å². The third-order valence-corrected chi connectivity index (χ3v) is 4.44. The van der Waals surface area contributed by atoms with Crippen molar-refractivity contribution in [2.75, 3.05) is 33.3 Å². The lowest BCUT2D eigenvalue weighted by molar-refractivity contribution is 0.304. The first-order valence-corrected chi connectivity index (χ1v) is 9.45. The van der Waals surface area contributed by atoms with E-state index in [1.165, 1.54) is 33.5 Å². The smallest absolute Gasteiger partial charge is 0.204 e. The van der Waals surface area contributed by atoms with Crippen LogP contribution < -0.4 is 24.4 Å². The Labute approximate surface area is 169 Å². The first kappa shape index (κ1) is 19.9. The fraction of sp³-hybridized carbons (Fsp3) is 0.250. The van der Waals surface area contributed by atoms with Gasteiger partial charge in [0.1, 0.15) is 16.7 Å². The maximum atomic E-state index is 12.7. The number of fused-ring (bicyclic) bond motifs is 1. The van der Waals surface area contributed by atoms with Crippen molar-refractivity contribution in [3.8, 4) is 40.1 Å². The summed E-state index contributed by atoms with van der Waals surface area (Å²) in [6, 6.07) is 8.00. The van der Waals surface area contributed by atoms with Crippen LogP contribution in [0.2, 0.25) is 0 Å². The highest BCUT2D eigenvalue weighted by atomic mass is 79.9. The summed E-state index contributed by atoms with van der Waals surface area (Å²) >= 11 is 3.28. The number of rotatable bonds is 7. The van der Waals surface area contributed by atoms with Crippen molar-refractivity contribution >= 4 is 26.9 Å². The topological polar surface area (TPSA) is 87.4 Å². The molecule has 3 rings (SSSR count). The van der Waals surface area contributed by atoms with Crippen molar-refractivity contribution in [1.29, 1.82) is 0 Å². The van der Waals surface area contributed by atoms with Crippen LogP contribution in [0.5, 0.6) is 28.7 Å². The molecule has 0 aliphatic heterocycles. The molecule has 1 N–H and O–H groups in total. The second-order valence-corrected chi connectivity index (χ2v) is 6.50. The molecule has 1 aromatic heterocycles. The number of halogens is 1. The second-order valence-electron chi connectivity index (χ2n) is 5.71. The van der Waals surface area contributed by atoms with Crippen LogP contribution in [0.3, 0.4) is 0 Å². The summed E-state index contributed by atoms with van der Waals surface area (Å²) in [6.45, 7) is 0.348. The van der Waals surface area contributed by atoms with Gasteiger partial charge in [0.25, 0.3) is 0 Å². The molecule has 0 aliphatic rings. The summed E-state index contributed by atoms with van der Waals surface area (Å²) in [4.78, 5) is 12.7. The van der Waals surface area contributed by atoms with Gasteiger partial charge in [-0.05, 0) is 18.2 Å². The van der Waals surface area contributed by atoms with Crippen molar-refractivity contribution in [3.63, 3.8) is 0 Å². The third kappa shape index (κ3) is 3.60. The van der Waals surface area contributed by atoms with E-state index in [2.05, 4.69) is 15.9 Å². The molecule has 148 valence electrons. The molecule has 0 spiro atoms. The number of alkyl halides is 1. The Kier molecular flexibility index (Phi) is 5.99. The van der Waals surface area contributed by atoms with Crippen LogP contribution in [0.1, 0.15) is 0 Å². The van der Waals surface area contributed by atoms with Crippen LogP contribution in [-0.2, 0) is 0 Å². The van der Waals surface area contributed by atoms with E-state index in [4.69, 9.17) is 23.4 Å². The SMILES string of the molecule is COc1ccc(-c2cc(=O)c3c(O)c(OC)c(OCCBr)cc3o2)cc1OC. The molecule has 28 heavy (non-hydrogen) atoms. The normalized spacial score (nSPS) is 10.7. The molecule has 0 saturated heterocycles. The van der Waals surface area contributed by atoms with E-state index in [9.17, 15) is 9.90 Å². The molecule has 0 fully saturated rings. The fourth-order valence-corrected chi connectivity index (χ4v) is 3.01. The summed E-state index contributed by atoms with van der Waals surface area (Å²) in [6.07, 6.45) is 0. The summed E-state index contributed by atoms with van der Waals surface area (Å²) in [5.41, 5.74) is 0.393. The fourth-order valence-electron chi connectivity index (χ4n) is 2.85. The van der Waals surface area contributed by atoms with Crippen LogP contribution in [0.15, 0.2) is 39.5 Å². The maximum absolute atomic E-state index is 12.7. The predicted molar refractivity (Wildman–Crippen MR) is 109 cm³/mol. The monoisotopic (exact) mass is 450 g/mol. The van der Waals surface area contributed by atoms with Crippen molar-refractivity contribution in [2.45, 2.75) is 0 Å². The molecule has 0 bridgehead atoms. The molecular formula is C20H19BrO7. The van der Waals surface area contributed by atoms with E-state index in [-0.39, 0.29) is 28.2 Å². The zero-order chi connectivity index (χ0) is 20.3. The number of benzene rings is 2. The summed E-state index contributed by atoms with van der Waals surface area (Å²) in [5, 5.41) is 11.1. The van der Waals surface area contributed by atoms with Crippen LogP contribution in [0, 0.1) is 0 Å². The minimum atomic E-state index is -0.408. The third-order valence-electron chi connectivity index (χ3n) is 4.12. The number of methoxy groups -OCH3 is 3. The molecule has 1 heterocycles. The molecule has 2 aromatic carbocycles. The van der Waals surface area contributed by atoms with E-state index in [1.54, 1.807) is 18.2 Å². The largest absolute Gasteiger partial charge is 0.504 e. The van der Waals surface area contributed by atoms with E-state index in [0.29, 0.717) is 34.8 Å². The lowest BCUT2D eigenvalue weighted by Crippen LogP contribution is -2.05. The lowest BCUT2D eigenvalue weighted by atomic mass is 10.1. The van der Waals surface area contributed by atoms with Gasteiger partial charge in [-0.2, -0.15) is 0 Å². The molecule has 3 aromatic rings.